The van der Waals surface area contributed by atoms with Crippen LogP contribution in [0.2, 0.25) is 0 Å². The highest BCUT2D eigenvalue weighted by Crippen LogP contribution is 2.27. The lowest BCUT2D eigenvalue weighted by atomic mass is 9.84. The summed E-state index contributed by atoms with van der Waals surface area (Å²) in [6.45, 7) is 0.793. The number of rotatable bonds is 8. The van der Waals surface area contributed by atoms with Crippen LogP contribution in [0.15, 0.2) is 24.3 Å². The van der Waals surface area contributed by atoms with Crippen LogP contribution in [0.1, 0.15) is 59.2 Å². The molecule has 1 aliphatic carbocycles. The minimum Gasteiger partial charge on any atom is -0.478 e. The molecular weight excluding hydrogens is 394 g/mol. The van der Waals surface area contributed by atoms with Gasteiger partial charge in [0, 0.05) is 25.2 Å². The Bertz CT molecular complexity index is 605. The zero-order valence-electron chi connectivity index (χ0n) is 17.9. The first-order chi connectivity index (χ1) is 13.4. The lowest BCUT2D eigenvalue weighted by molar-refractivity contribution is 0.0697. The van der Waals surface area contributed by atoms with Crippen LogP contribution < -0.4 is 10.8 Å². The average molecular weight is 430 g/mol. The van der Waals surface area contributed by atoms with Crippen molar-refractivity contribution >= 4 is 24.3 Å². The quantitative estimate of drug-likeness (QED) is 0.550. The van der Waals surface area contributed by atoms with E-state index in [-0.39, 0.29) is 29.9 Å². The largest absolute Gasteiger partial charge is 0.478 e. The highest BCUT2D eigenvalue weighted by Gasteiger charge is 2.21. The molecule has 0 aromatic heterocycles. The van der Waals surface area contributed by atoms with E-state index in [4.69, 9.17) is 5.11 Å². The number of amides is 1. The molecule has 0 spiro atoms. The second-order valence-electron chi connectivity index (χ2n) is 7.47. The van der Waals surface area contributed by atoms with E-state index in [2.05, 4.69) is 20.5 Å². The zero-order chi connectivity index (χ0) is 20.9. The number of nitrogens with one attached hydrogen (secondary N) is 2. The summed E-state index contributed by atoms with van der Waals surface area (Å²) in [4.78, 5) is 30.0. The number of carbonyl (C=O) groups excluding carboxylic acids is 1. The van der Waals surface area contributed by atoms with E-state index in [1.165, 1.54) is 44.2 Å². The van der Waals surface area contributed by atoms with Crippen molar-refractivity contribution in [3.8, 4) is 0 Å². The van der Waals surface area contributed by atoms with Gasteiger partial charge < -0.3 is 20.2 Å². The number of aromatic carboxylic acids is 1. The molecule has 0 bridgehead atoms. The molecule has 1 amide bonds. The summed E-state index contributed by atoms with van der Waals surface area (Å²) < 4.78 is 0. The lowest BCUT2D eigenvalue weighted by Crippen LogP contribution is -2.43. The van der Waals surface area contributed by atoms with Gasteiger partial charge in [-0.25, -0.2) is 10.3 Å². The van der Waals surface area contributed by atoms with Crippen molar-refractivity contribution in [3.05, 3.63) is 35.4 Å². The molecule has 29 heavy (non-hydrogen) atoms. The van der Waals surface area contributed by atoms with Crippen molar-refractivity contribution in [2.75, 3.05) is 34.8 Å². The van der Waals surface area contributed by atoms with Crippen LogP contribution in [0.25, 0.3) is 0 Å². The number of carbonyl (C=O) groups is 2. The number of hydroxylamine groups is 1. The Morgan fingerprint density at radius 1 is 1.21 bits per heavy atom. The van der Waals surface area contributed by atoms with Crippen molar-refractivity contribution in [3.63, 3.8) is 0 Å². The second kappa shape index (κ2) is 15.2. The summed E-state index contributed by atoms with van der Waals surface area (Å²) in [6.07, 6.45) is 7.37. The maximum Gasteiger partial charge on any atom is 0.335 e. The van der Waals surface area contributed by atoms with Gasteiger partial charge in [-0.1, -0.05) is 38.2 Å². The molecule has 1 aromatic rings. The van der Waals surface area contributed by atoms with Crippen molar-refractivity contribution in [2.45, 2.75) is 44.6 Å². The van der Waals surface area contributed by atoms with Gasteiger partial charge in [0.05, 0.1) is 12.7 Å². The van der Waals surface area contributed by atoms with Crippen LogP contribution >= 0.6 is 12.4 Å². The topological polar surface area (TPSA) is 90.9 Å². The number of carboxylic acid groups (broad SMARTS) is 1. The van der Waals surface area contributed by atoms with Gasteiger partial charge in [0.1, 0.15) is 0 Å². The second-order valence-corrected chi connectivity index (χ2v) is 7.47. The smallest absolute Gasteiger partial charge is 0.335 e. The standard InChI is InChI=1S/C19H28N2O3.C2H7NO.ClH/c1-21(2)13-17(11-14-7-4-3-5-8-14)20-18(22)15-9-6-10-16(12-15)19(23)24;1-3-4-2;/h6,9-10,12,14,17H,3-5,7-8,11,13H2,1-2H3,(H,20,22)(H,23,24);3H,1-2H3;1H/t17-;;/m0../s1. The number of hydrogen-bond donors (Lipinski definition) is 3. The van der Waals surface area contributed by atoms with Gasteiger partial charge in [-0.15, -0.1) is 12.4 Å². The third kappa shape index (κ3) is 11.2. The summed E-state index contributed by atoms with van der Waals surface area (Å²) in [5, 5.41) is 12.2. The van der Waals surface area contributed by atoms with Gasteiger partial charge in [-0.3, -0.25) is 4.79 Å². The maximum absolute atomic E-state index is 12.5. The van der Waals surface area contributed by atoms with Crippen LogP contribution in [-0.4, -0.2) is 62.7 Å². The summed E-state index contributed by atoms with van der Waals surface area (Å²) in [6, 6.07) is 6.29. The Kier molecular flexibility index (Phi) is 14.3. The van der Waals surface area contributed by atoms with Crippen molar-refractivity contribution in [1.82, 2.24) is 15.7 Å². The summed E-state index contributed by atoms with van der Waals surface area (Å²) >= 11 is 0. The molecule has 1 saturated carbocycles. The first-order valence-corrected chi connectivity index (χ1v) is 9.86. The number of likely N-dealkylation sites (N-methyl/N-ethyl adjacent to an activating group) is 1. The van der Waals surface area contributed by atoms with Gasteiger partial charge >= 0.3 is 5.97 Å². The molecule has 7 nitrogen and oxygen atoms in total. The number of benzene rings is 1. The lowest BCUT2D eigenvalue weighted by Gasteiger charge is -2.29. The Morgan fingerprint density at radius 2 is 1.79 bits per heavy atom. The van der Waals surface area contributed by atoms with Gasteiger partial charge in [0.15, 0.2) is 0 Å². The third-order valence-electron chi connectivity index (χ3n) is 4.84. The molecule has 0 heterocycles. The Hall–Kier alpha value is -1.67. The molecule has 1 fully saturated rings. The maximum atomic E-state index is 12.5. The Labute approximate surface area is 180 Å². The zero-order valence-corrected chi connectivity index (χ0v) is 18.8. The molecule has 0 unspecified atom stereocenters. The molecule has 0 radical (unpaired) electrons. The van der Waals surface area contributed by atoms with Crippen molar-refractivity contribution < 1.29 is 19.5 Å². The molecule has 3 N–H and O–H groups in total. The highest BCUT2D eigenvalue weighted by atomic mass is 35.5. The molecule has 0 aliphatic heterocycles. The first-order valence-electron chi connectivity index (χ1n) is 9.86. The van der Waals surface area contributed by atoms with Crippen LogP contribution in [0.5, 0.6) is 0 Å². The minimum absolute atomic E-state index is 0. The Morgan fingerprint density at radius 3 is 2.31 bits per heavy atom. The normalized spacial score (nSPS) is 14.9. The summed E-state index contributed by atoms with van der Waals surface area (Å²) in [7, 11) is 7.29. The highest BCUT2D eigenvalue weighted by molar-refractivity contribution is 5.97. The van der Waals surface area contributed by atoms with E-state index in [9.17, 15) is 9.59 Å². The predicted molar refractivity (Wildman–Crippen MR) is 118 cm³/mol. The van der Waals surface area contributed by atoms with Gasteiger partial charge in [-0.2, -0.15) is 0 Å². The van der Waals surface area contributed by atoms with Crippen LogP contribution in [-0.2, 0) is 4.84 Å². The molecule has 1 aromatic carbocycles. The van der Waals surface area contributed by atoms with Crippen LogP contribution in [0, 0.1) is 5.92 Å². The van der Waals surface area contributed by atoms with E-state index in [0.29, 0.717) is 11.5 Å². The number of halogens is 1. The fraction of sp³-hybridized carbons (Fsp3) is 0.619. The fourth-order valence-electron chi connectivity index (χ4n) is 3.51. The van der Waals surface area contributed by atoms with Crippen molar-refractivity contribution in [2.24, 2.45) is 5.92 Å². The fourth-order valence-corrected chi connectivity index (χ4v) is 3.51. The molecule has 8 heteroatoms. The molecule has 166 valence electrons. The van der Waals surface area contributed by atoms with Gasteiger partial charge in [0.25, 0.3) is 5.91 Å². The van der Waals surface area contributed by atoms with E-state index >= 15 is 0 Å². The van der Waals surface area contributed by atoms with Gasteiger partial charge in [-0.05, 0) is 44.6 Å². The predicted octanol–water partition coefficient (Wildman–Crippen LogP) is 3.20. The number of carboxylic acids is 1. The first kappa shape index (κ1) is 27.3. The Balaban J connectivity index is 0.00000143. The van der Waals surface area contributed by atoms with E-state index in [1.807, 2.05) is 14.1 Å². The summed E-state index contributed by atoms with van der Waals surface area (Å²) in [5.74, 6) is -0.535. The van der Waals surface area contributed by atoms with E-state index in [0.717, 1.165) is 13.0 Å². The van der Waals surface area contributed by atoms with Gasteiger partial charge in [0.2, 0.25) is 0 Å². The molecule has 2 rings (SSSR count). The molecule has 1 aliphatic rings. The number of nitrogens with zero attached hydrogens (tertiary/aromatic N) is 1. The average Bonchev–Trinajstić information content (AvgIpc) is 2.68. The van der Waals surface area contributed by atoms with E-state index < -0.39 is 5.97 Å². The van der Waals surface area contributed by atoms with Crippen molar-refractivity contribution in [1.29, 1.82) is 0 Å². The minimum atomic E-state index is -1.02. The van der Waals surface area contributed by atoms with Crippen LogP contribution in [0.3, 0.4) is 0 Å². The monoisotopic (exact) mass is 429 g/mol. The molecule has 0 saturated heterocycles. The molecular formula is C21H36ClN3O4. The SMILES string of the molecule is CN(C)C[C@H](CC1CCCCC1)NC(=O)c1cccc(C(=O)O)c1.CNOC.Cl. The summed E-state index contributed by atoms with van der Waals surface area (Å²) in [5.41, 5.74) is 2.97. The van der Waals surface area contributed by atoms with E-state index in [1.54, 1.807) is 26.3 Å². The van der Waals surface area contributed by atoms with Crippen LogP contribution in [0.4, 0.5) is 0 Å². The number of hydrogen-bond acceptors (Lipinski definition) is 5. The molecule has 1 atom stereocenters. The third-order valence-corrected chi connectivity index (χ3v) is 4.84.